The first kappa shape index (κ1) is 20.7. The van der Waals surface area contributed by atoms with Gasteiger partial charge in [0.25, 0.3) is 15.9 Å². The molecule has 10 heteroatoms. The molecule has 0 aliphatic carbocycles. The van der Waals surface area contributed by atoms with Gasteiger partial charge in [-0.15, -0.1) is 11.3 Å². The van der Waals surface area contributed by atoms with Crippen LogP contribution < -0.4 is 4.80 Å². The lowest BCUT2D eigenvalue weighted by Gasteiger charge is -2.29. The Morgan fingerprint density at radius 2 is 1.97 bits per heavy atom. The number of carbonyl (C=O) groups excluding carboxylic acids is 1. The maximum atomic E-state index is 12.8. The maximum absolute atomic E-state index is 12.8. The molecule has 1 aliphatic rings. The van der Waals surface area contributed by atoms with E-state index in [-0.39, 0.29) is 11.8 Å². The third-order valence-corrected chi connectivity index (χ3v) is 10.0. The second-order valence-corrected chi connectivity index (χ2v) is 11.6. The molecule has 1 amide bonds. The van der Waals surface area contributed by atoms with Gasteiger partial charge in [0, 0.05) is 31.1 Å². The van der Waals surface area contributed by atoms with Gasteiger partial charge in [-0.1, -0.05) is 29.0 Å². The minimum absolute atomic E-state index is 0.191. The first-order valence-electron chi connectivity index (χ1n) is 9.16. The number of piperidine rings is 1. The van der Waals surface area contributed by atoms with Crippen LogP contribution in [0.1, 0.15) is 18.4 Å². The van der Waals surface area contributed by atoms with Crippen LogP contribution in [0.2, 0.25) is 5.02 Å². The van der Waals surface area contributed by atoms with E-state index in [2.05, 4.69) is 4.99 Å². The highest BCUT2D eigenvalue weighted by atomic mass is 35.5. The number of nitrogens with zero attached hydrogens (tertiary/aromatic N) is 3. The van der Waals surface area contributed by atoms with Crippen molar-refractivity contribution in [3.8, 4) is 0 Å². The number of thiophene rings is 1. The molecule has 3 heterocycles. The first-order chi connectivity index (χ1) is 13.8. The molecule has 0 atom stereocenters. The summed E-state index contributed by atoms with van der Waals surface area (Å²) in [7, 11) is -1.58. The second-order valence-electron chi connectivity index (χ2n) is 7.02. The Labute approximate surface area is 182 Å². The second kappa shape index (κ2) is 7.96. The normalized spacial score (nSPS) is 17.3. The molecule has 0 N–H and O–H groups in total. The maximum Gasteiger partial charge on any atom is 0.252 e. The molecule has 0 unspecified atom stereocenters. The van der Waals surface area contributed by atoms with Gasteiger partial charge in [0.15, 0.2) is 4.80 Å². The minimum atomic E-state index is -3.46. The summed E-state index contributed by atoms with van der Waals surface area (Å²) < 4.78 is 30.0. The molecular formula is C19H20ClN3O3S3. The number of aryl methyl sites for hydroxylation is 2. The molecule has 0 radical (unpaired) electrons. The monoisotopic (exact) mass is 469 g/mol. The van der Waals surface area contributed by atoms with Crippen LogP contribution in [-0.2, 0) is 21.9 Å². The molecule has 3 aromatic rings. The van der Waals surface area contributed by atoms with E-state index in [0.717, 1.165) is 15.8 Å². The van der Waals surface area contributed by atoms with E-state index in [9.17, 15) is 13.2 Å². The summed E-state index contributed by atoms with van der Waals surface area (Å²) in [4.78, 5) is 17.8. The van der Waals surface area contributed by atoms with Gasteiger partial charge in [-0.2, -0.15) is 9.30 Å². The summed E-state index contributed by atoms with van der Waals surface area (Å²) in [6.07, 6.45) is 0.957. The fourth-order valence-electron chi connectivity index (χ4n) is 3.58. The quantitative estimate of drug-likeness (QED) is 0.585. The lowest BCUT2D eigenvalue weighted by molar-refractivity contribution is -0.122. The number of fused-ring (bicyclic) bond motifs is 1. The number of sulfonamides is 1. The zero-order valence-corrected chi connectivity index (χ0v) is 19.2. The van der Waals surface area contributed by atoms with Crippen molar-refractivity contribution >= 4 is 60.4 Å². The van der Waals surface area contributed by atoms with Crippen molar-refractivity contribution in [2.45, 2.75) is 24.0 Å². The Morgan fingerprint density at radius 3 is 2.62 bits per heavy atom. The Bertz CT molecular complexity index is 1230. The van der Waals surface area contributed by atoms with Gasteiger partial charge in [0.2, 0.25) is 0 Å². The summed E-state index contributed by atoms with van der Waals surface area (Å²) in [5.41, 5.74) is 1.94. The van der Waals surface area contributed by atoms with Gasteiger partial charge < -0.3 is 4.57 Å². The molecule has 29 heavy (non-hydrogen) atoms. The lowest BCUT2D eigenvalue weighted by atomic mass is 9.98. The highest BCUT2D eigenvalue weighted by molar-refractivity contribution is 7.91. The summed E-state index contributed by atoms with van der Waals surface area (Å²) >= 11 is 8.89. The molecule has 1 aromatic carbocycles. The zero-order chi connectivity index (χ0) is 20.8. The number of carbonyl (C=O) groups is 1. The smallest absolute Gasteiger partial charge is 0.252 e. The van der Waals surface area contributed by atoms with Crippen LogP contribution in [-0.4, -0.2) is 36.3 Å². The largest absolute Gasteiger partial charge is 0.319 e. The van der Waals surface area contributed by atoms with Crippen LogP contribution in [0.25, 0.3) is 10.2 Å². The van der Waals surface area contributed by atoms with E-state index >= 15 is 0 Å². The number of amides is 1. The molecule has 0 spiro atoms. The fourth-order valence-corrected chi connectivity index (χ4v) is 7.43. The van der Waals surface area contributed by atoms with Crippen molar-refractivity contribution in [2.75, 3.05) is 13.1 Å². The predicted octanol–water partition coefficient (Wildman–Crippen LogP) is 3.79. The molecule has 154 valence electrons. The number of benzene rings is 1. The standard InChI is InChI=1S/C19H20ClN3O3S3/c1-12-14(20)5-6-15-17(12)22(2)19(28-15)21-18(24)13-7-9-23(10-8-13)29(25,26)16-4-3-11-27-16/h3-6,11,13H,7-10H2,1-2H3. The van der Waals surface area contributed by atoms with Crippen molar-refractivity contribution in [1.29, 1.82) is 0 Å². The third-order valence-electron chi connectivity index (χ3n) is 5.25. The van der Waals surface area contributed by atoms with Gasteiger partial charge in [0.05, 0.1) is 10.2 Å². The highest BCUT2D eigenvalue weighted by Crippen LogP contribution is 2.28. The van der Waals surface area contributed by atoms with E-state index in [1.165, 1.54) is 27.0 Å². The summed E-state index contributed by atoms with van der Waals surface area (Å²) in [6.45, 7) is 2.62. The van der Waals surface area contributed by atoms with Gasteiger partial charge in [-0.05, 0) is 48.9 Å². The lowest BCUT2D eigenvalue weighted by Crippen LogP contribution is -2.40. The molecule has 2 aromatic heterocycles. The van der Waals surface area contributed by atoms with E-state index in [1.807, 2.05) is 30.7 Å². The molecule has 0 bridgehead atoms. The molecule has 1 fully saturated rings. The number of thiazole rings is 1. The van der Waals surface area contributed by atoms with E-state index in [0.29, 0.717) is 40.0 Å². The van der Waals surface area contributed by atoms with Crippen LogP contribution in [0.15, 0.2) is 38.8 Å². The molecule has 0 saturated carbocycles. The van der Waals surface area contributed by atoms with Gasteiger partial charge in [0.1, 0.15) is 4.21 Å². The number of halogens is 1. The van der Waals surface area contributed by atoms with E-state index < -0.39 is 10.0 Å². The van der Waals surface area contributed by atoms with Crippen LogP contribution in [0.4, 0.5) is 0 Å². The summed E-state index contributed by atoms with van der Waals surface area (Å²) in [5, 5.41) is 2.44. The highest BCUT2D eigenvalue weighted by Gasteiger charge is 2.32. The topological polar surface area (TPSA) is 71.7 Å². The van der Waals surface area contributed by atoms with Crippen molar-refractivity contribution < 1.29 is 13.2 Å². The first-order valence-corrected chi connectivity index (χ1v) is 12.7. The third kappa shape index (κ3) is 3.82. The molecule has 1 saturated heterocycles. The van der Waals surface area contributed by atoms with Crippen LogP contribution in [0.3, 0.4) is 0 Å². The van der Waals surface area contributed by atoms with Crippen LogP contribution in [0.5, 0.6) is 0 Å². The van der Waals surface area contributed by atoms with Gasteiger partial charge in [-0.25, -0.2) is 8.42 Å². The van der Waals surface area contributed by atoms with Crippen LogP contribution >= 0.6 is 34.3 Å². The summed E-state index contributed by atoms with van der Waals surface area (Å²) in [6, 6.07) is 7.13. The van der Waals surface area contributed by atoms with Crippen LogP contribution in [0, 0.1) is 12.8 Å². The number of aromatic nitrogens is 1. The predicted molar refractivity (Wildman–Crippen MR) is 117 cm³/mol. The average Bonchev–Trinajstić information content (AvgIpc) is 3.35. The molecule has 6 nitrogen and oxygen atoms in total. The van der Waals surface area contributed by atoms with Crippen molar-refractivity contribution in [3.63, 3.8) is 0 Å². The molecule has 4 rings (SSSR count). The van der Waals surface area contributed by atoms with Crippen molar-refractivity contribution in [2.24, 2.45) is 18.0 Å². The van der Waals surface area contributed by atoms with E-state index in [1.54, 1.807) is 17.5 Å². The van der Waals surface area contributed by atoms with Gasteiger partial charge in [-0.3, -0.25) is 4.79 Å². The number of hydrogen-bond donors (Lipinski definition) is 0. The Morgan fingerprint density at radius 1 is 1.24 bits per heavy atom. The average molecular weight is 470 g/mol. The van der Waals surface area contributed by atoms with Crippen molar-refractivity contribution in [3.05, 3.63) is 45.0 Å². The fraction of sp³-hybridized carbons (Fsp3) is 0.368. The Kier molecular flexibility index (Phi) is 5.69. The van der Waals surface area contributed by atoms with Crippen molar-refractivity contribution in [1.82, 2.24) is 8.87 Å². The molecular weight excluding hydrogens is 450 g/mol. The SMILES string of the molecule is Cc1c(Cl)ccc2sc(=NC(=O)C3CCN(S(=O)(=O)c4cccs4)CC3)n(C)c12. The Hall–Kier alpha value is -1.52. The Balaban J connectivity index is 1.53. The van der Waals surface area contributed by atoms with E-state index in [4.69, 9.17) is 11.6 Å². The summed E-state index contributed by atoms with van der Waals surface area (Å²) in [5.74, 6) is -0.455. The number of rotatable bonds is 3. The molecule has 1 aliphatic heterocycles. The minimum Gasteiger partial charge on any atom is -0.319 e. The van der Waals surface area contributed by atoms with Gasteiger partial charge >= 0.3 is 0 Å². The zero-order valence-electron chi connectivity index (χ0n) is 16.0. The number of hydrogen-bond acceptors (Lipinski definition) is 5.